The molecule has 12 heavy (non-hydrogen) atoms. The maximum atomic E-state index is 10.6. The first kappa shape index (κ1) is 8.05. The third kappa shape index (κ3) is 1.04. The molecule has 3 nitrogen and oxygen atoms in total. The molecule has 1 saturated carbocycles. The minimum absolute atomic E-state index is 0.287. The van der Waals surface area contributed by atoms with Gasteiger partial charge in [0.2, 0.25) is 0 Å². The van der Waals surface area contributed by atoms with E-state index in [4.69, 9.17) is 5.11 Å². The van der Waals surface area contributed by atoms with Gasteiger partial charge in [-0.2, -0.15) is 0 Å². The Hall–Kier alpha value is -0.570. The van der Waals surface area contributed by atoms with Gasteiger partial charge in [-0.15, -0.1) is 0 Å². The Bertz CT molecular complexity index is 205. The quantitative estimate of drug-likeness (QED) is 0.660. The molecule has 0 amide bonds. The van der Waals surface area contributed by atoms with Crippen LogP contribution in [-0.2, 0) is 4.79 Å². The van der Waals surface area contributed by atoms with Gasteiger partial charge in [-0.05, 0) is 24.7 Å². The number of hydrogen-bond donors (Lipinski definition) is 1. The van der Waals surface area contributed by atoms with Gasteiger partial charge in [0.15, 0.2) is 0 Å². The molecule has 1 N–H and O–H groups in total. The van der Waals surface area contributed by atoms with Crippen LogP contribution in [0.5, 0.6) is 0 Å². The molecule has 0 aromatic heterocycles. The van der Waals surface area contributed by atoms with Gasteiger partial charge in [0.25, 0.3) is 0 Å². The van der Waals surface area contributed by atoms with E-state index in [1.165, 1.54) is 0 Å². The van der Waals surface area contributed by atoms with E-state index in [1.807, 2.05) is 0 Å². The number of likely N-dealkylation sites (tertiary alicyclic amines) is 1. The number of carbonyl (C=O) groups is 1. The summed E-state index contributed by atoms with van der Waals surface area (Å²) in [5.41, 5.74) is 0. The van der Waals surface area contributed by atoms with Gasteiger partial charge in [-0.3, -0.25) is 9.69 Å². The topological polar surface area (TPSA) is 40.5 Å². The zero-order chi connectivity index (χ0) is 8.88. The summed E-state index contributed by atoms with van der Waals surface area (Å²) >= 11 is 0. The fourth-order valence-corrected chi connectivity index (χ4v) is 2.33. The molecule has 2 aliphatic rings. The van der Waals surface area contributed by atoms with Crippen LogP contribution < -0.4 is 0 Å². The van der Waals surface area contributed by atoms with E-state index in [0.717, 1.165) is 30.8 Å². The highest BCUT2D eigenvalue weighted by Gasteiger charge is 2.53. The lowest BCUT2D eigenvalue weighted by Crippen LogP contribution is -2.38. The average molecular weight is 169 g/mol. The van der Waals surface area contributed by atoms with Crippen molar-refractivity contribution in [2.75, 3.05) is 13.1 Å². The number of carboxylic acid groups (broad SMARTS) is 1. The van der Waals surface area contributed by atoms with E-state index in [9.17, 15) is 4.79 Å². The minimum atomic E-state index is -0.691. The second kappa shape index (κ2) is 2.46. The van der Waals surface area contributed by atoms with Crippen molar-refractivity contribution in [3.05, 3.63) is 0 Å². The third-order valence-corrected chi connectivity index (χ3v) is 3.56. The molecule has 1 saturated heterocycles. The predicted molar refractivity (Wildman–Crippen MR) is 44.8 cm³/mol. The summed E-state index contributed by atoms with van der Waals surface area (Å²) < 4.78 is 0. The fourth-order valence-electron chi connectivity index (χ4n) is 2.33. The maximum Gasteiger partial charge on any atom is 0.320 e. The Balaban J connectivity index is 1.90. The van der Waals surface area contributed by atoms with Crippen molar-refractivity contribution in [3.63, 3.8) is 0 Å². The van der Waals surface area contributed by atoms with Crippen LogP contribution in [0.25, 0.3) is 0 Å². The minimum Gasteiger partial charge on any atom is -0.480 e. The van der Waals surface area contributed by atoms with Crippen molar-refractivity contribution in [2.24, 2.45) is 17.8 Å². The van der Waals surface area contributed by atoms with Crippen molar-refractivity contribution in [1.82, 2.24) is 4.90 Å². The lowest BCUT2D eigenvalue weighted by Gasteiger charge is -2.22. The number of nitrogens with zero attached hydrogens (tertiary/aromatic N) is 1. The van der Waals surface area contributed by atoms with Crippen molar-refractivity contribution in [3.8, 4) is 0 Å². The second-order valence-corrected chi connectivity index (χ2v) is 4.15. The Labute approximate surface area is 72.4 Å². The summed E-state index contributed by atoms with van der Waals surface area (Å²) in [5, 5.41) is 8.77. The van der Waals surface area contributed by atoms with Crippen LogP contribution in [0.2, 0.25) is 0 Å². The standard InChI is InChI=1S/C9H15NO2/c1-5-7-3-10(4-8(5)7)6(2)9(11)12/h5-8H,3-4H2,1-2H3,(H,11,12). The van der Waals surface area contributed by atoms with Gasteiger partial charge in [0, 0.05) is 13.1 Å². The van der Waals surface area contributed by atoms with Gasteiger partial charge >= 0.3 is 5.97 Å². The molecule has 1 heterocycles. The van der Waals surface area contributed by atoms with Crippen molar-refractivity contribution >= 4 is 5.97 Å². The normalized spacial score (nSPS) is 42.3. The van der Waals surface area contributed by atoms with Crippen LogP contribution in [0.3, 0.4) is 0 Å². The van der Waals surface area contributed by atoms with Crippen LogP contribution in [0.15, 0.2) is 0 Å². The summed E-state index contributed by atoms with van der Waals surface area (Å²) in [7, 11) is 0. The van der Waals surface area contributed by atoms with Crippen LogP contribution in [0.1, 0.15) is 13.8 Å². The fraction of sp³-hybridized carbons (Fsp3) is 0.889. The highest BCUT2D eigenvalue weighted by atomic mass is 16.4. The second-order valence-electron chi connectivity index (χ2n) is 4.15. The van der Waals surface area contributed by atoms with Gasteiger partial charge in [0.1, 0.15) is 6.04 Å². The Morgan fingerprint density at radius 3 is 2.42 bits per heavy atom. The number of piperidine rings is 1. The average Bonchev–Trinajstić information content (AvgIpc) is 2.53. The first-order valence-electron chi connectivity index (χ1n) is 4.58. The summed E-state index contributed by atoms with van der Waals surface area (Å²) in [6.45, 7) is 6.04. The number of rotatable bonds is 2. The number of hydrogen-bond acceptors (Lipinski definition) is 2. The molecular weight excluding hydrogens is 154 g/mol. The molecule has 0 bridgehead atoms. The predicted octanol–water partition coefficient (Wildman–Crippen LogP) is 0.657. The van der Waals surface area contributed by atoms with Crippen LogP contribution >= 0.6 is 0 Å². The molecule has 0 aromatic rings. The van der Waals surface area contributed by atoms with Crippen LogP contribution in [0.4, 0.5) is 0 Å². The van der Waals surface area contributed by atoms with E-state index >= 15 is 0 Å². The third-order valence-electron chi connectivity index (χ3n) is 3.56. The summed E-state index contributed by atoms with van der Waals surface area (Å²) in [6, 6.07) is -0.287. The zero-order valence-corrected chi connectivity index (χ0v) is 7.53. The summed E-state index contributed by atoms with van der Waals surface area (Å²) in [4.78, 5) is 12.7. The van der Waals surface area contributed by atoms with Crippen LogP contribution in [-0.4, -0.2) is 35.1 Å². The molecule has 3 heteroatoms. The van der Waals surface area contributed by atoms with Gasteiger partial charge in [-0.25, -0.2) is 0 Å². The zero-order valence-electron chi connectivity index (χ0n) is 7.53. The monoisotopic (exact) mass is 169 g/mol. The van der Waals surface area contributed by atoms with Crippen LogP contribution in [0, 0.1) is 17.8 Å². The van der Waals surface area contributed by atoms with Crippen molar-refractivity contribution in [1.29, 1.82) is 0 Å². The lowest BCUT2D eigenvalue weighted by molar-refractivity contribution is -0.142. The van der Waals surface area contributed by atoms with E-state index in [0.29, 0.717) is 0 Å². The molecule has 1 aliphatic heterocycles. The highest BCUT2D eigenvalue weighted by molar-refractivity contribution is 5.73. The maximum absolute atomic E-state index is 10.6. The number of carboxylic acids is 1. The summed E-state index contributed by atoms with van der Waals surface area (Å²) in [6.07, 6.45) is 0. The smallest absolute Gasteiger partial charge is 0.320 e. The van der Waals surface area contributed by atoms with Gasteiger partial charge in [0.05, 0.1) is 0 Å². The largest absolute Gasteiger partial charge is 0.480 e. The molecule has 1 aliphatic carbocycles. The molecule has 68 valence electrons. The molecule has 0 aromatic carbocycles. The molecule has 0 radical (unpaired) electrons. The molecule has 2 fully saturated rings. The number of aliphatic carboxylic acids is 1. The summed E-state index contributed by atoms with van der Waals surface area (Å²) in [5.74, 6) is 1.75. The van der Waals surface area contributed by atoms with Gasteiger partial charge < -0.3 is 5.11 Å². The lowest BCUT2D eigenvalue weighted by atomic mass is 10.2. The first-order chi connectivity index (χ1) is 5.61. The molecule has 0 spiro atoms. The number of fused-ring (bicyclic) bond motifs is 1. The van der Waals surface area contributed by atoms with E-state index in [2.05, 4.69) is 11.8 Å². The van der Waals surface area contributed by atoms with E-state index in [1.54, 1.807) is 6.92 Å². The van der Waals surface area contributed by atoms with E-state index < -0.39 is 5.97 Å². The SMILES string of the molecule is CC1C2CN(C(C)C(=O)O)CC12. The van der Waals surface area contributed by atoms with E-state index in [-0.39, 0.29) is 6.04 Å². The molecule has 2 rings (SSSR count). The highest BCUT2D eigenvalue weighted by Crippen LogP contribution is 2.51. The van der Waals surface area contributed by atoms with Crippen molar-refractivity contribution in [2.45, 2.75) is 19.9 Å². The van der Waals surface area contributed by atoms with Gasteiger partial charge in [-0.1, -0.05) is 6.92 Å². The Morgan fingerprint density at radius 2 is 2.00 bits per heavy atom. The Morgan fingerprint density at radius 1 is 1.50 bits per heavy atom. The molecule has 3 unspecified atom stereocenters. The molecule has 3 atom stereocenters. The molecular formula is C9H15NO2. The Kier molecular flexibility index (Phi) is 1.65. The first-order valence-corrected chi connectivity index (χ1v) is 4.58. The van der Waals surface area contributed by atoms with Crippen molar-refractivity contribution < 1.29 is 9.90 Å².